The van der Waals surface area contributed by atoms with Gasteiger partial charge in [0.1, 0.15) is 11.2 Å². The molecule has 0 aromatic carbocycles. The number of nitrogens with zero attached hydrogens (tertiary/aromatic N) is 3. The van der Waals surface area contributed by atoms with Gasteiger partial charge < -0.3 is 15.5 Å². The van der Waals surface area contributed by atoms with E-state index in [1.165, 1.54) is 10.6 Å². The second-order valence-electron chi connectivity index (χ2n) is 6.11. The lowest BCUT2D eigenvalue weighted by Gasteiger charge is -2.27. The van der Waals surface area contributed by atoms with E-state index in [9.17, 15) is 9.59 Å². The molecule has 7 heteroatoms. The van der Waals surface area contributed by atoms with Crippen LogP contribution in [0.1, 0.15) is 22.3 Å². The Morgan fingerprint density at radius 1 is 1.38 bits per heavy atom. The number of hydrogen-bond acceptors (Lipinski definition) is 5. The van der Waals surface area contributed by atoms with Crippen LogP contribution in [-0.4, -0.2) is 59.5 Å². The Balaban J connectivity index is 1.58. The zero-order chi connectivity index (χ0) is 16.9. The fourth-order valence-corrected chi connectivity index (χ4v) is 2.87. The molecule has 1 aliphatic heterocycles. The number of aromatic nitrogens is 2. The number of carbonyl (C=O) groups is 1. The Bertz CT molecular complexity index is 780. The molecule has 1 amide bonds. The Morgan fingerprint density at radius 3 is 2.96 bits per heavy atom. The van der Waals surface area contributed by atoms with E-state index < -0.39 is 0 Å². The molecule has 0 bridgehead atoms. The molecule has 128 valence electrons. The molecule has 2 aromatic rings. The number of piperazine rings is 1. The third-order valence-electron chi connectivity index (χ3n) is 4.26. The summed E-state index contributed by atoms with van der Waals surface area (Å²) in [4.78, 5) is 31.2. The van der Waals surface area contributed by atoms with Gasteiger partial charge in [-0.2, -0.15) is 0 Å². The zero-order valence-corrected chi connectivity index (χ0v) is 13.9. The molecular weight excluding hydrogens is 306 g/mol. The maximum atomic E-state index is 12.4. The van der Waals surface area contributed by atoms with E-state index in [1.807, 2.05) is 19.1 Å². The van der Waals surface area contributed by atoms with Gasteiger partial charge in [-0.15, -0.1) is 0 Å². The number of amides is 1. The lowest BCUT2D eigenvalue weighted by molar-refractivity contribution is 0.0949. The van der Waals surface area contributed by atoms with E-state index in [2.05, 4.69) is 20.5 Å². The van der Waals surface area contributed by atoms with Crippen molar-refractivity contribution in [1.82, 2.24) is 24.9 Å². The highest BCUT2D eigenvalue weighted by atomic mass is 16.2. The largest absolute Gasteiger partial charge is 0.352 e. The topological polar surface area (TPSA) is 78.7 Å². The third-order valence-corrected chi connectivity index (χ3v) is 4.26. The summed E-state index contributed by atoms with van der Waals surface area (Å²) in [5.41, 5.74) is 1.32. The van der Waals surface area contributed by atoms with E-state index >= 15 is 0 Å². The van der Waals surface area contributed by atoms with Crippen LogP contribution in [0.4, 0.5) is 0 Å². The van der Waals surface area contributed by atoms with Gasteiger partial charge in [0.25, 0.3) is 11.5 Å². The van der Waals surface area contributed by atoms with E-state index in [-0.39, 0.29) is 17.0 Å². The van der Waals surface area contributed by atoms with Crippen LogP contribution in [0, 0.1) is 6.92 Å². The van der Waals surface area contributed by atoms with Crippen molar-refractivity contribution >= 4 is 11.6 Å². The van der Waals surface area contributed by atoms with Gasteiger partial charge in [-0.3, -0.25) is 14.0 Å². The third kappa shape index (κ3) is 3.80. The zero-order valence-electron chi connectivity index (χ0n) is 13.9. The van der Waals surface area contributed by atoms with E-state index in [0.717, 1.165) is 44.7 Å². The summed E-state index contributed by atoms with van der Waals surface area (Å²) in [6.07, 6.45) is 3.89. The van der Waals surface area contributed by atoms with Crippen LogP contribution in [0.3, 0.4) is 0 Å². The number of fused-ring (bicyclic) bond motifs is 1. The number of pyridine rings is 1. The normalized spacial score (nSPS) is 15.5. The molecule has 2 aromatic heterocycles. The minimum Gasteiger partial charge on any atom is -0.352 e. The van der Waals surface area contributed by atoms with Gasteiger partial charge in [0.2, 0.25) is 0 Å². The van der Waals surface area contributed by atoms with Crippen molar-refractivity contribution in [3.63, 3.8) is 0 Å². The molecule has 3 rings (SSSR count). The molecule has 0 saturated carbocycles. The highest BCUT2D eigenvalue weighted by Gasteiger charge is 2.13. The fourth-order valence-electron chi connectivity index (χ4n) is 2.87. The molecule has 2 N–H and O–H groups in total. The molecule has 1 aliphatic rings. The molecule has 1 saturated heterocycles. The average Bonchev–Trinajstić information content (AvgIpc) is 2.59. The summed E-state index contributed by atoms with van der Waals surface area (Å²) in [5.74, 6) is -0.359. The Morgan fingerprint density at radius 2 is 2.17 bits per heavy atom. The van der Waals surface area contributed by atoms with Crippen LogP contribution in [0.15, 0.2) is 29.3 Å². The van der Waals surface area contributed by atoms with Crippen LogP contribution in [0.5, 0.6) is 0 Å². The first-order valence-electron chi connectivity index (χ1n) is 8.34. The standard InChI is InChI=1S/C17H23N5O2/c1-13-3-8-22-15(11-13)20-12-14(17(22)24)16(23)19-4-2-7-21-9-5-18-6-10-21/h3,8,11-12,18H,2,4-7,9-10H2,1H3,(H,19,23). The molecule has 1 fully saturated rings. The number of carbonyl (C=O) groups excluding carboxylic acids is 1. The summed E-state index contributed by atoms with van der Waals surface area (Å²) in [6.45, 7) is 7.57. The summed E-state index contributed by atoms with van der Waals surface area (Å²) in [5, 5.41) is 6.13. The maximum Gasteiger partial charge on any atom is 0.270 e. The monoisotopic (exact) mass is 329 g/mol. The second-order valence-corrected chi connectivity index (χ2v) is 6.11. The highest BCUT2D eigenvalue weighted by molar-refractivity contribution is 5.93. The van der Waals surface area contributed by atoms with Gasteiger partial charge >= 0.3 is 0 Å². The summed E-state index contributed by atoms with van der Waals surface area (Å²) in [6, 6.07) is 3.64. The van der Waals surface area contributed by atoms with Crippen molar-refractivity contribution < 1.29 is 4.79 Å². The summed E-state index contributed by atoms with van der Waals surface area (Å²) in [7, 11) is 0. The van der Waals surface area contributed by atoms with Crippen molar-refractivity contribution in [1.29, 1.82) is 0 Å². The van der Waals surface area contributed by atoms with Crippen molar-refractivity contribution in [2.24, 2.45) is 0 Å². The SMILES string of the molecule is Cc1ccn2c(=O)c(C(=O)NCCCN3CCNCC3)cnc2c1. The minimum atomic E-state index is -0.359. The quantitative estimate of drug-likeness (QED) is 0.757. The van der Waals surface area contributed by atoms with E-state index in [4.69, 9.17) is 0 Å². The lowest BCUT2D eigenvalue weighted by atomic mass is 10.2. The molecule has 0 atom stereocenters. The van der Waals surface area contributed by atoms with Crippen LogP contribution in [0.2, 0.25) is 0 Å². The van der Waals surface area contributed by atoms with Crippen LogP contribution in [-0.2, 0) is 0 Å². The number of aryl methyl sites for hydroxylation is 1. The van der Waals surface area contributed by atoms with Crippen molar-refractivity contribution in [3.8, 4) is 0 Å². The van der Waals surface area contributed by atoms with Crippen LogP contribution >= 0.6 is 0 Å². The molecule has 24 heavy (non-hydrogen) atoms. The Kier molecular flexibility index (Phi) is 5.22. The summed E-state index contributed by atoms with van der Waals surface area (Å²) >= 11 is 0. The second kappa shape index (κ2) is 7.55. The van der Waals surface area contributed by atoms with E-state index in [0.29, 0.717) is 12.2 Å². The molecule has 0 radical (unpaired) electrons. The van der Waals surface area contributed by atoms with Crippen molar-refractivity contribution in [2.45, 2.75) is 13.3 Å². The van der Waals surface area contributed by atoms with Crippen molar-refractivity contribution in [3.05, 3.63) is 46.0 Å². The fraction of sp³-hybridized carbons (Fsp3) is 0.471. The van der Waals surface area contributed by atoms with E-state index in [1.54, 1.807) is 6.20 Å². The maximum absolute atomic E-state index is 12.4. The van der Waals surface area contributed by atoms with Gasteiger partial charge in [0, 0.05) is 45.1 Å². The number of rotatable bonds is 5. The summed E-state index contributed by atoms with van der Waals surface area (Å²) < 4.78 is 1.41. The molecule has 0 spiro atoms. The smallest absolute Gasteiger partial charge is 0.270 e. The Labute approximate surface area is 140 Å². The van der Waals surface area contributed by atoms with Gasteiger partial charge in [-0.1, -0.05) is 0 Å². The Hall–Kier alpha value is -2.25. The van der Waals surface area contributed by atoms with Gasteiger partial charge in [0.15, 0.2) is 0 Å². The average molecular weight is 329 g/mol. The molecule has 0 unspecified atom stereocenters. The number of nitrogens with one attached hydrogen (secondary N) is 2. The van der Waals surface area contributed by atoms with Gasteiger partial charge in [-0.05, 0) is 37.6 Å². The first kappa shape index (κ1) is 16.6. The minimum absolute atomic E-state index is 0.0820. The highest BCUT2D eigenvalue weighted by Crippen LogP contribution is 2.02. The molecule has 0 aliphatic carbocycles. The first-order chi connectivity index (χ1) is 11.6. The van der Waals surface area contributed by atoms with Gasteiger partial charge in [0.05, 0.1) is 0 Å². The predicted molar refractivity (Wildman–Crippen MR) is 92.5 cm³/mol. The van der Waals surface area contributed by atoms with Crippen LogP contribution in [0.25, 0.3) is 5.65 Å². The first-order valence-corrected chi connectivity index (χ1v) is 8.34. The molecular formula is C17H23N5O2. The van der Waals surface area contributed by atoms with Crippen molar-refractivity contribution in [2.75, 3.05) is 39.3 Å². The lowest BCUT2D eigenvalue weighted by Crippen LogP contribution is -2.44. The molecule has 7 nitrogen and oxygen atoms in total. The number of hydrogen-bond donors (Lipinski definition) is 2. The molecule has 3 heterocycles. The van der Waals surface area contributed by atoms with Crippen LogP contribution < -0.4 is 16.2 Å². The van der Waals surface area contributed by atoms with Gasteiger partial charge in [-0.25, -0.2) is 4.98 Å². The predicted octanol–water partition coefficient (Wildman–Crippen LogP) is 0.0280.